The second-order valence-corrected chi connectivity index (χ2v) is 2.89. The predicted octanol–water partition coefficient (Wildman–Crippen LogP) is 0.250. The zero-order valence-electron chi connectivity index (χ0n) is 6.44. The van der Waals surface area contributed by atoms with E-state index in [2.05, 4.69) is 17.3 Å². The van der Waals surface area contributed by atoms with E-state index in [1.165, 1.54) is 0 Å². The molecule has 0 amide bonds. The minimum absolute atomic E-state index is 0.250. The molecule has 60 valence electrons. The van der Waals surface area contributed by atoms with Gasteiger partial charge in [0.25, 0.3) is 0 Å². The van der Waals surface area contributed by atoms with Crippen molar-refractivity contribution < 1.29 is 4.39 Å². The molecule has 1 atom stereocenters. The molecule has 1 fully saturated rings. The highest BCUT2D eigenvalue weighted by atomic mass is 19.1. The maximum absolute atomic E-state index is 11.7. The molecule has 0 unspecified atom stereocenters. The van der Waals surface area contributed by atoms with Crippen molar-refractivity contribution in [2.75, 3.05) is 33.4 Å². The van der Waals surface area contributed by atoms with Gasteiger partial charge in [-0.25, -0.2) is 4.39 Å². The van der Waals surface area contributed by atoms with Crippen LogP contribution in [0.5, 0.6) is 0 Å². The molecule has 0 aromatic heterocycles. The summed E-state index contributed by atoms with van der Waals surface area (Å²) in [5.41, 5.74) is 0. The third-order valence-corrected chi connectivity index (χ3v) is 1.92. The van der Waals surface area contributed by atoms with Gasteiger partial charge in [0.2, 0.25) is 0 Å². The van der Waals surface area contributed by atoms with Crippen molar-refractivity contribution in [1.82, 2.24) is 10.2 Å². The highest BCUT2D eigenvalue weighted by Gasteiger charge is 2.17. The Morgan fingerprint density at radius 2 is 2.50 bits per heavy atom. The lowest BCUT2D eigenvalue weighted by Gasteiger charge is -2.10. The van der Waals surface area contributed by atoms with E-state index in [0.29, 0.717) is 12.6 Å². The smallest absolute Gasteiger partial charge is 0.102 e. The highest BCUT2D eigenvalue weighted by Crippen LogP contribution is 2.04. The molecule has 0 aromatic carbocycles. The average Bonchev–Trinajstić information content (AvgIpc) is 2.31. The van der Waals surface area contributed by atoms with Crippen molar-refractivity contribution in [3.63, 3.8) is 0 Å². The molecule has 0 saturated carbocycles. The van der Waals surface area contributed by atoms with E-state index in [1.807, 2.05) is 0 Å². The number of halogens is 1. The number of hydrogen-bond donors (Lipinski definition) is 1. The van der Waals surface area contributed by atoms with Gasteiger partial charge in [-0.2, -0.15) is 0 Å². The fourth-order valence-corrected chi connectivity index (χ4v) is 1.36. The molecule has 0 aromatic rings. The summed E-state index contributed by atoms with van der Waals surface area (Å²) >= 11 is 0. The van der Waals surface area contributed by atoms with E-state index >= 15 is 0 Å². The van der Waals surface area contributed by atoms with E-state index in [4.69, 9.17) is 0 Å². The van der Waals surface area contributed by atoms with Crippen LogP contribution in [0.2, 0.25) is 0 Å². The van der Waals surface area contributed by atoms with Gasteiger partial charge in [0.1, 0.15) is 6.67 Å². The van der Waals surface area contributed by atoms with Crippen LogP contribution in [0, 0.1) is 0 Å². The average molecular weight is 146 g/mol. The fraction of sp³-hybridized carbons (Fsp3) is 1.00. The molecule has 0 bridgehead atoms. The maximum Gasteiger partial charge on any atom is 0.102 e. The standard InChI is InChI=1S/C7H15FN2/c1-10-5-2-7(6-10)9-4-3-8/h7,9H,2-6H2,1H3/t7-/m1/s1. The molecule has 0 aliphatic carbocycles. The predicted molar refractivity (Wildman–Crippen MR) is 39.9 cm³/mol. The van der Waals surface area contributed by atoms with Gasteiger partial charge in [0.15, 0.2) is 0 Å². The quantitative estimate of drug-likeness (QED) is 0.614. The van der Waals surface area contributed by atoms with Crippen LogP contribution in [0.15, 0.2) is 0 Å². The monoisotopic (exact) mass is 146 g/mol. The Hall–Kier alpha value is -0.150. The van der Waals surface area contributed by atoms with Gasteiger partial charge in [-0.1, -0.05) is 0 Å². The molecule has 1 saturated heterocycles. The Morgan fingerprint density at radius 3 is 3.00 bits per heavy atom. The van der Waals surface area contributed by atoms with E-state index in [-0.39, 0.29) is 6.67 Å². The van der Waals surface area contributed by atoms with Gasteiger partial charge in [-0.15, -0.1) is 0 Å². The highest BCUT2D eigenvalue weighted by molar-refractivity contribution is 4.78. The summed E-state index contributed by atoms with van der Waals surface area (Å²) in [4.78, 5) is 2.26. The lowest BCUT2D eigenvalue weighted by Crippen LogP contribution is -2.32. The molecule has 3 heteroatoms. The van der Waals surface area contributed by atoms with E-state index in [9.17, 15) is 4.39 Å². The lowest BCUT2D eigenvalue weighted by atomic mass is 10.3. The van der Waals surface area contributed by atoms with Gasteiger partial charge in [0, 0.05) is 19.1 Å². The lowest BCUT2D eigenvalue weighted by molar-refractivity contribution is 0.387. The van der Waals surface area contributed by atoms with Crippen molar-refractivity contribution in [1.29, 1.82) is 0 Å². The first-order valence-corrected chi connectivity index (χ1v) is 3.81. The van der Waals surface area contributed by atoms with Crippen molar-refractivity contribution in [3.8, 4) is 0 Å². The second kappa shape index (κ2) is 3.88. The Bertz CT molecular complexity index is 97.6. The number of nitrogens with one attached hydrogen (secondary N) is 1. The summed E-state index contributed by atoms with van der Waals surface area (Å²) in [7, 11) is 2.09. The molecular formula is C7H15FN2. The van der Waals surface area contributed by atoms with E-state index in [0.717, 1.165) is 19.5 Å². The Labute approximate surface area is 61.4 Å². The molecule has 1 aliphatic rings. The van der Waals surface area contributed by atoms with Crippen LogP contribution >= 0.6 is 0 Å². The van der Waals surface area contributed by atoms with Gasteiger partial charge < -0.3 is 10.2 Å². The van der Waals surface area contributed by atoms with Crippen molar-refractivity contribution >= 4 is 0 Å². The maximum atomic E-state index is 11.7. The SMILES string of the molecule is CN1CC[C@@H](NCCF)C1. The van der Waals surface area contributed by atoms with Gasteiger partial charge in [0.05, 0.1) is 0 Å². The van der Waals surface area contributed by atoms with Gasteiger partial charge >= 0.3 is 0 Å². The van der Waals surface area contributed by atoms with Crippen LogP contribution < -0.4 is 5.32 Å². The molecule has 0 spiro atoms. The van der Waals surface area contributed by atoms with Crippen molar-refractivity contribution in [3.05, 3.63) is 0 Å². The van der Waals surface area contributed by atoms with Crippen LogP contribution in [0.4, 0.5) is 4.39 Å². The van der Waals surface area contributed by atoms with Crippen LogP contribution in [0.3, 0.4) is 0 Å². The zero-order valence-corrected chi connectivity index (χ0v) is 6.44. The second-order valence-electron chi connectivity index (χ2n) is 2.89. The number of nitrogens with zero attached hydrogens (tertiary/aromatic N) is 1. The normalized spacial score (nSPS) is 27.6. The largest absolute Gasteiger partial charge is 0.310 e. The topological polar surface area (TPSA) is 15.3 Å². The summed E-state index contributed by atoms with van der Waals surface area (Å²) in [6, 6.07) is 0.528. The Balaban J connectivity index is 2.06. The molecule has 2 nitrogen and oxygen atoms in total. The molecule has 1 N–H and O–H groups in total. The summed E-state index contributed by atoms with van der Waals surface area (Å²) in [5.74, 6) is 0. The van der Waals surface area contributed by atoms with E-state index in [1.54, 1.807) is 0 Å². The molecule has 1 aliphatic heterocycles. The number of likely N-dealkylation sites (N-methyl/N-ethyl adjacent to an activating group) is 1. The number of alkyl halides is 1. The molecule has 1 rings (SSSR count). The van der Waals surface area contributed by atoms with Crippen molar-refractivity contribution in [2.45, 2.75) is 12.5 Å². The number of hydrogen-bond acceptors (Lipinski definition) is 2. The number of likely N-dealkylation sites (tertiary alicyclic amines) is 1. The first-order chi connectivity index (χ1) is 4.83. The van der Waals surface area contributed by atoms with Gasteiger partial charge in [-0.05, 0) is 20.0 Å². The Morgan fingerprint density at radius 1 is 1.70 bits per heavy atom. The van der Waals surface area contributed by atoms with Crippen molar-refractivity contribution in [2.24, 2.45) is 0 Å². The van der Waals surface area contributed by atoms with E-state index < -0.39 is 0 Å². The van der Waals surface area contributed by atoms with Crippen LogP contribution in [0.1, 0.15) is 6.42 Å². The molecule has 10 heavy (non-hydrogen) atoms. The number of rotatable bonds is 3. The summed E-state index contributed by atoms with van der Waals surface area (Å²) in [5, 5.41) is 3.14. The molecule has 0 radical (unpaired) electrons. The minimum Gasteiger partial charge on any atom is -0.310 e. The van der Waals surface area contributed by atoms with Crippen LogP contribution in [0.25, 0.3) is 0 Å². The summed E-state index contributed by atoms with van der Waals surface area (Å²) < 4.78 is 11.7. The van der Waals surface area contributed by atoms with Crippen LogP contribution in [-0.2, 0) is 0 Å². The van der Waals surface area contributed by atoms with Gasteiger partial charge in [-0.3, -0.25) is 0 Å². The first kappa shape index (κ1) is 7.95. The third-order valence-electron chi connectivity index (χ3n) is 1.92. The zero-order chi connectivity index (χ0) is 7.40. The minimum atomic E-state index is -0.250. The van der Waals surface area contributed by atoms with Crippen LogP contribution in [-0.4, -0.2) is 44.3 Å². The molecular weight excluding hydrogens is 131 g/mol. The third kappa shape index (κ3) is 2.23. The summed E-state index contributed by atoms with van der Waals surface area (Å²) in [6.07, 6.45) is 1.16. The first-order valence-electron chi connectivity index (χ1n) is 3.81. The fourth-order valence-electron chi connectivity index (χ4n) is 1.36. The molecule has 1 heterocycles. The summed E-state index contributed by atoms with van der Waals surface area (Å²) in [6.45, 7) is 2.47. The Kier molecular flexibility index (Phi) is 3.09.